The Morgan fingerprint density at radius 1 is 0.457 bits per heavy atom. The Labute approximate surface area is 202 Å². The zero-order chi connectivity index (χ0) is 23.7. The molecule has 0 aliphatic rings. The lowest BCUT2D eigenvalue weighted by Crippen LogP contribution is -2.25. The van der Waals surface area contributed by atoms with Crippen LogP contribution >= 0.6 is 7.14 Å². The number of hydrogen-bond donors (Lipinski definition) is 0. The van der Waals surface area contributed by atoms with Crippen LogP contribution in [0.1, 0.15) is 0 Å². The number of nitrogens with zero attached hydrogens (tertiary/aromatic N) is 6. The average Bonchev–Trinajstić information content (AvgIpc) is 3.73. The minimum atomic E-state index is -3.14. The van der Waals surface area contributed by atoms with Crippen LogP contribution < -0.4 is 15.9 Å². The summed E-state index contributed by atoms with van der Waals surface area (Å²) < 4.78 is 20.7. The van der Waals surface area contributed by atoms with E-state index >= 15 is 0 Å². The monoisotopic (exact) mass is 476 g/mol. The van der Waals surface area contributed by atoms with Gasteiger partial charge in [0.25, 0.3) is 0 Å². The molecular formula is C27H21N6OP. The first-order valence-corrected chi connectivity index (χ1v) is 12.8. The number of hydrogen-bond acceptors (Lipinski definition) is 4. The quantitative estimate of drug-likeness (QED) is 0.342. The van der Waals surface area contributed by atoms with Gasteiger partial charge in [0.15, 0.2) is 7.14 Å². The largest absolute Gasteiger partial charge is 0.309 e. The van der Waals surface area contributed by atoms with Gasteiger partial charge in [-0.1, -0.05) is 0 Å². The van der Waals surface area contributed by atoms with Gasteiger partial charge in [0.2, 0.25) is 0 Å². The van der Waals surface area contributed by atoms with Crippen LogP contribution in [0.25, 0.3) is 17.1 Å². The van der Waals surface area contributed by atoms with E-state index in [9.17, 15) is 4.57 Å². The summed E-state index contributed by atoms with van der Waals surface area (Å²) in [5.41, 5.74) is 2.89. The van der Waals surface area contributed by atoms with Crippen LogP contribution in [0, 0.1) is 0 Å². The summed E-state index contributed by atoms with van der Waals surface area (Å²) in [6.45, 7) is 0. The van der Waals surface area contributed by atoms with Crippen LogP contribution in [0.5, 0.6) is 0 Å². The molecule has 0 atom stereocenters. The first-order chi connectivity index (χ1) is 17.2. The molecule has 3 heterocycles. The Kier molecular flexibility index (Phi) is 5.24. The van der Waals surface area contributed by atoms with Gasteiger partial charge in [-0.25, -0.2) is 15.0 Å². The zero-order valence-electron chi connectivity index (χ0n) is 18.7. The fourth-order valence-electron chi connectivity index (χ4n) is 4.19. The average molecular weight is 476 g/mol. The van der Waals surface area contributed by atoms with E-state index in [4.69, 9.17) is 0 Å². The van der Waals surface area contributed by atoms with E-state index in [0.717, 1.165) is 33.0 Å². The summed E-state index contributed by atoms with van der Waals surface area (Å²) in [4.78, 5) is 12.4. The van der Waals surface area contributed by atoms with Crippen molar-refractivity contribution in [2.24, 2.45) is 0 Å². The van der Waals surface area contributed by atoms with Gasteiger partial charge >= 0.3 is 0 Å². The summed E-state index contributed by atoms with van der Waals surface area (Å²) in [6, 6.07) is 23.5. The van der Waals surface area contributed by atoms with Gasteiger partial charge in [0.05, 0.1) is 19.0 Å². The maximum atomic E-state index is 15.0. The van der Waals surface area contributed by atoms with Crippen molar-refractivity contribution >= 4 is 23.1 Å². The van der Waals surface area contributed by atoms with Crippen LogP contribution in [-0.2, 0) is 4.57 Å². The maximum Gasteiger partial charge on any atom is 0.171 e. The molecule has 0 spiro atoms. The normalized spacial score (nSPS) is 11.5. The van der Waals surface area contributed by atoms with E-state index in [-0.39, 0.29) is 0 Å². The Morgan fingerprint density at radius 2 is 0.743 bits per heavy atom. The molecule has 0 saturated carbocycles. The maximum absolute atomic E-state index is 15.0. The molecule has 7 nitrogen and oxygen atoms in total. The third-order valence-corrected chi connectivity index (χ3v) is 9.12. The van der Waals surface area contributed by atoms with E-state index in [2.05, 4.69) is 15.0 Å². The van der Waals surface area contributed by atoms with Crippen molar-refractivity contribution in [1.29, 1.82) is 0 Å². The highest BCUT2D eigenvalue weighted by Crippen LogP contribution is 2.42. The van der Waals surface area contributed by atoms with Gasteiger partial charge in [-0.05, 0) is 72.8 Å². The van der Waals surface area contributed by atoms with E-state index in [1.165, 1.54) is 0 Å². The molecule has 0 saturated heterocycles. The Balaban J connectivity index is 1.45. The molecule has 0 aliphatic heterocycles. The highest BCUT2D eigenvalue weighted by molar-refractivity contribution is 7.85. The van der Waals surface area contributed by atoms with Crippen LogP contribution in [0.3, 0.4) is 0 Å². The van der Waals surface area contributed by atoms with E-state index in [1.54, 1.807) is 37.6 Å². The number of imidazole rings is 3. The smallest absolute Gasteiger partial charge is 0.171 e. The Hall–Kier alpha value is -4.48. The van der Waals surface area contributed by atoms with Crippen molar-refractivity contribution in [3.05, 3.63) is 129 Å². The molecule has 3 aromatic heterocycles. The van der Waals surface area contributed by atoms with Gasteiger partial charge in [0.1, 0.15) is 0 Å². The molecule has 3 aromatic carbocycles. The molecule has 0 N–H and O–H groups in total. The van der Waals surface area contributed by atoms with Crippen LogP contribution in [0.2, 0.25) is 0 Å². The summed E-state index contributed by atoms with van der Waals surface area (Å²) >= 11 is 0. The predicted octanol–water partition coefficient (Wildman–Crippen LogP) is 3.88. The number of rotatable bonds is 6. The summed E-state index contributed by atoms with van der Waals surface area (Å²) in [5, 5.41) is 2.31. The summed E-state index contributed by atoms with van der Waals surface area (Å²) in [7, 11) is -3.14. The van der Waals surface area contributed by atoms with Crippen molar-refractivity contribution in [3.63, 3.8) is 0 Å². The van der Waals surface area contributed by atoms with E-state index in [1.807, 2.05) is 105 Å². The molecule has 0 radical (unpaired) electrons. The highest BCUT2D eigenvalue weighted by Gasteiger charge is 2.30. The summed E-state index contributed by atoms with van der Waals surface area (Å²) in [6.07, 6.45) is 16.1. The molecule has 6 rings (SSSR count). The third kappa shape index (κ3) is 3.82. The topological polar surface area (TPSA) is 70.5 Å². The Morgan fingerprint density at radius 3 is 0.971 bits per heavy atom. The molecule has 0 bridgehead atoms. The second-order valence-corrected chi connectivity index (χ2v) is 10.8. The van der Waals surface area contributed by atoms with Gasteiger partial charge in [-0.15, -0.1) is 0 Å². The van der Waals surface area contributed by atoms with Crippen molar-refractivity contribution in [3.8, 4) is 17.1 Å². The predicted molar refractivity (Wildman–Crippen MR) is 137 cm³/mol. The molecule has 0 amide bonds. The first-order valence-electron chi connectivity index (χ1n) is 11.1. The molecule has 170 valence electrons. The fraction of sp³-hybridized carbons (Fsp3) is 0. The van der Waals surface area contributed by atoms with Crippen molar-refractivity contribution in [2.45, 2.75) is 0 Å². The Bertz CT molecular complexity index is 1380. The van der Waals surface area contributed by atoms with Gasteiger partial charge < -0.3 is 18.3 Å². The van der Waals surface area contributed by atoms with E-state index < -0.39 is 7.14 Å². The second-order valence-electron chi connectivity index (χ2n) is 8.07. The lowest BCUT2D eigenvalue weighted by Gasteiger charge is -2.21. The highest BCUT2D eigenvalue weighted by atomic mass is 31.2. The summed E-state index contributed by atoms with van der Waals surface area (Å²) in [5.74, 6) is 0. The lowest BCUT2D eigenvalue weighted by atomic mass is 10.3. The zero-order valence-corrected chi connectivity index (χ0v) is 19.6. The third-order valence-electron chi connectivity index (χ3n) is 6.05. The van der Waals surface area contributed by atoms with Crippen molar-refractivity contribution < 1.29 is 4.57 Å². The van der Waals surface area contributed by atoms with Gasteiger partial charge in [-0.2, -0.15) is 0 Å². The van der Waals surface area contributed by atoms with Crippen molar-refractivity contribution in [1.82, 2.24) is 28.7 Å². The molecule has 0 aliphatic carbocycles. The van der Waals surface area contributed by atoms with Gasteiger partial charge in [0, 0.05) is 70.2 Å². The van der Waals surface area contributed by atoms with Gasteiger partial charge in [-0.3, -0.25) is 0 Å². The van der Waals surface area contributed by atoms with Crippen LogP contribution in [0.4, 0.5) is 0 Å². The molecular weight excluding hydrogens is 455 g/mol. The first kappa shape index (κ1) is 21.1. The standard InChI is InChI=1S/C27H21N6OP/c34-35(25-7-1-22(2-8-25)31-16-13-28-19-31,26-9-3-23(4-10-26)32-17-14-29-20-32)27-11-5-24(6-12-27)33-18-15-30-21-33/h1-21H. The lowest BCUT2D eigenvalue weighted by molar-refractivity contribution is 0.592. The molecule has 0 fully saturated rings. The number of benzene rings is 3. The molecule has 8 heteroatoms. The van der Waals surface area contributed by atoms with Crippen molar-refractivity contribution in [2.75, 3.05) is 0 Å². The molecule has 35 heavy (non-hydrogen) atoms. The van der Waals surface area contributed by atoms with E-state index in [0.29, 0.717) is 0 Å². The molecule has 0 unspecified atom stereocenters. The minimum absolute atomic E-state index is 0.770. The van der Waals surface area contributed by atoms with Crippen LogP contribution in [0.15, 0.2) is 129 Å². The SMILES string of the molecule is O=P(c1ccc(-n2ccnc2)cc1)(c1ccc(-n2ccnc2)cc1)c1ccc(-n2ccnc2)cc1. The van der Waals surface area contributed by atoms with Crippen LogP contribution in [-0.4, -0.2) is 28.7 Å². The number of aromatic nitrogens is 6. The minimum Gasteiger partial charge on any atom is -0.309 e. The fourth-order valence-corrected chi connectivity index (χ4v) is 6.79. The molecule has 6 aromatic rings. The second kappa shape index (κ2) is 8.70.